The van der Waals surface area contributed by atoms with E-state index in [0.29, 0.717) is 11.3 Å². The summed E-state index contributed by atoms with van der Waals surface area (Å²) >= 11 is 0. The van der Waals surface area contributed by atoms with E-state index in [1.165, 1.54) is 6.07 Å². The van der Waals surface area contributed by atoms with Crippen LogP contribution in [-0.4, -0.2) is 18.6 Å². The molecule has 0 atom stereocenters. The molecule has 1 heterocycles. The average Bonchev–Trinajstić information content (AvgIpc) is 2.39. The molecule has 0 spiro atoms. The monoisotopic (exact) mass is 248 g/mol. The van der Waals surface area contributed by atoms with E-state index in [1.807, 2.05) is 13.0 Å². The van der Waals surface area contributed by atoms with Crippen LogP contribution in [0.25, 0.3) is 10.9 Å². The maximum Gasteiger partial charge on any atom is 0.149 e. The zero-order valence-electron chi connectivity index (χ0n) is 10.9. The van der Waals surface area contributed by atoms with Gasteiger partial charge in [-0.1, -0.05) is 6.92 Å². The number of ether oxygens (including phenoxy) is 1. The third kappa shape index (κ3) is 2.10. The second-order valence-electron chi connectivity index (χ2n) is 4.03. The number of hydrogen-bond acceptors (Lipinski definition) is 3. The second kappa shape index (κ2) is 5.21. The zero-order chi connectivity index (χ0) is 13.1. The summed E-state index contributed by atoms with van der Waals surface area (Å²) < 4.78 is 19.1. The first-order chi connectivity index (χ1) is 8.71. The quantitative estimate of drug-likeness (QED) is 0.900. The maximum atomic E-state index is 13.8. The van der Waals surface area contributed by atoms with Gasteiger partial charge in [0.2, 0.25) is 0 Å². The van der Waals surface area contributed by atoms with Crippen molar-refractivity contribution in [1.29, 1.82) is 0 Å². The van der Waals surface area contributed by atoms with Gasteiger partial charge in [-0.15, -0.1) is 0 Å². The van der Waals surface area contributed by atoms with Gasteiger partial charge in [0, 0.05) is 11.9 Å². The molecule has 0 saturated carbocycles. The van der Waals surface area contributed by atoms with E-state index in [0.717, 1.165) is 29.7 Å². The van der Waals surface area contributed by atoms with Crippen molar-refractivity contribution in [1.82, 2.24) is 4.98 Å². The van der Waals surface area contributed by atoms with Crippen LogP contribution in [0, 0.1) is 5.82 Å². The van der Waals surface area contributed by atoms with E-state index in [2.05, 4.69) is 17.2 Å². The Labute approximate surface area is 106 Å². The number of nitrogens with zero attached hydrogens (tertiary/aromatic N) is 1. The van der Waals surface area contributed by atoms with Gasteiger partial charge in [0.1, 0.15) is 22.9 Å². The molecular weight excluding hydrogens is 231 g/mol. The fraction of sp³-hybridized carbons (Fsp3) is 0.357. The van der Waals surface area contributed by atoms with Crippen molar-refractivity contribution in [3.05, 3.63) is 29.6 Å². The van der Waals surface area contributed by atoms with Crippen LogP contribution in [0.3, 0.4) is 0 Å². The largest absolute Gasteiger partial charge is 0.496 e. The Bertz CT molecular complexity index is 569. The van der Waals surface area contributed by atoms with Crippen molar-refractivity contribution in [2.24, 2.45) is 0 Å². The van der Waals surface area contributed by atoms with Crippen LogP contribution >= 0.6 is 0 Å². The number of halogens is 1. The highest BCUT2D eigenvalue weighted by atomic mass is 19.1. The molecule has 18 heavy (non-hydrogen) atoms. The molecule has 0 radical (unpaired) electrons. The molecule has 2 rings (SSSR count). The summed E-state index contributed by atoms with van der Waals surface area (Å²) in [4.78, 5) is 4.38. The lowest BCUT2D eigenvalue weighted by Gasteiger charge is -2.12. The molecule has 1 aromatic carbocycles. The molecule has 4 heteroatoms. The number of aromatic nitrogens is 1. The minimum absolute atomic E-state index is 0.326. The molecule has 0 fully saturated rings. The van der Waals surface area contributed by atoms with Crippen molar-refractivity contribution in [2.45, 2.75) is 20.3 Å². The summed E-state index contributed by atoms with van der Waals surface area (Å²) in [5.41, 5.74) is 1.41. The minimum Gasteiger partial charge on any atom is -0.496 e. The van der Waals surface area contributed by atoms with E-state index in [9.17, 15) is 4.39 Å². The van der Waals surface area contributed by atoms with Crippen molar-refractivity contribution in [3.8, 4) is 5.75 Å². The van der Waals surface area contributed by atoms with Gasteiger partial charge in [-0.05, 0) is 37.1 Å². The number of fused-ring (bicyclic) bond motifs is 1. The van der Waals surface area contributed by atoms with Gasteiger partial charge in [-0.25, -0.2) is 9.37 Å². The van der Waals surface area contributed by atoms with Crippen LogP contribution in [0.2, 0.25) is 0 Å². The SMILES string of the molecule is CCNc1nc2c(F)ccc(OC)c2cc1CC. The smallest absolute Gasteiger partial charge is 0.149 e. The number of nitrogens with one attached hydrogen (secondary N) is 1. The van der Waals surface area contributed by atoms with Crippen LogP contribution in [-0.2, 0) is 6.42 Å². The van der Waals surface area contributed by atoms with E-state index in [1.54, 1.807) is 13.2 Å². The highest BCUT2D eigenvalue weighted by molar-refractivity contribution is 5.88. The number of benzene rings is 1. The first kappa shape index (κ1) is 12.6. The van der Waals surface area contributed by atoms with Crippen molar-refractivity contribution >= 4 is 16.7 Å². The van der Waals surface area contributed by atoms with E-state index in [-0.39, 0.29) is 5.82 Å². The first-order valence-corrected chi connectivity index (χ1v) is 6.11. The maximum absolute atomic E-state index is 13.8. The van der Waals surface area contributed by atoms with E-state index in [4.69, 9.17) is 4.74 Å². The fourth-order valence-corrected chi connectivity index (χ4v) is 2.01. The van der Waals surface area contributed by atoms with Gasteiger partial charge < -0.3 is 10.1 Å². The normalized spacial score (nSPS) is 10.7. The number of hydrogen-bond donors (Lipinski definition) is 1. The van der Waals surface area contributed by atoms with E-state index < -0.39 is 0 Å². The van der Waals surface area contributed by atoms with Gasteiger partial charge >= 0.3 is 0 Å². The molecule has 1 aromatic heterocycles. The Morgan fingerprint density at radius 3 is 2.72 bits per heavy atom. The Balaban J connectivity index is 2.73. The van der Waals surface area contributed by atoms with Gasteiger partial charge in [-0.2, -0.15) is 0 Å². The Kier molecular flexibility index (Phi) is 3.65. The molecule has 96 valence electrons. The summed E-state index contributed by atoms with van der Waals surface area (Å²) in [6.07, 6.45) is 0.838. The van der Waals surface area contributed by atoms with Crippen LogP contribution in [0.15, 0.2) is 18.2 Å². The van der Waals surface area contributed by atoms with Gasteiger partial charge in [0.15, 0.2) is 0 Å². The van der Waals surface area contributed by atoms with Crippen LogP contribution < -0.4 is 10.1 Å². The van der Waals surface area contributed by atoms with Crippen molar-refractivity contribution in [3.63, 3.8) is 0 Å². The van der Waals surface area contributed by atoms with E-state index >= 15 is 0 Å². The summed E-state index contributed by atoms with van der Waals surface area (Å²) in [6, 6.07) is 4.96. The van der Waals surface area contributed by atoms with Crippen LogP contribution in [0.5, 0.6) is 5.75 Å². The minimum atomic E-state index is -0.326. The molecule has 0 amide bonds. The molecule has 0 saturated heterocycles. The van der Waals surface area contributed by atoms with Crippen molar-refractivity contribution < 1.29 is 9.13 Å². The number of methoxy groups -OCH3 is 1. The van der Waals surface area contributed by atoms with Gasteiger partial charge in [-0.3, -0.25) is 0 Å². The predicted molar refractivity (Wildman–Crippen MR) is 71.8 cm³/mol. The number of anilines is 1. The lowest BCUT2D eigenvalue weighted by molar-refractivity contribution is 0.419. The third-order valence-corrected chi connectivity index (χ3v) is 2.92. The summed E-state index contributed by atoms with van der Waals surface area (Å²) in [5.74, 6) is 1.07. The Morgan fingerprint density at radius 1 is 1.33 bits per heavy atom. The van der Waals surface area contributed by atoms with Crippen LogP contribution in [0.4, 0.5) is 10.2 Å². The molecule has 0 unspecified atom stereocenters. The van der Waals surface area contributed by atoms with Gasteiger partial charge in [0.25, 0.3) is 0 Å². The molecule has 1 N–H and O–H groups in total. The highest BCUT2D eigenvalue weighted by Gasteiger charge is 2.12. The molecule has 3 nitrogen and oxygen atoms in total. The topological polar surface area (TPSA) is 34.2 Å². The number of pyridine rings is 1. The fourth-order valence-electron chi connectivity index (χ4n) is 2.01. The molecular formula is C14H17FN2O. The summed E-state index contributed by atoms with van der Waals surface area (Å²) in [6.45, 7) is 4.81. The standard InChI is InChI=1S/C14H17FN2O/c1-4-9-8-10-12(18-3)7-6-11(15)13(10)17-14(9)16-5-2/h6-8H,4-5H2,1-3H3,(H,16,17). The lowest BCUT2D eigenvalue weighted by Crippen LogP contribution is -2.04. The van der Waals surface area contributed by atoms with Crippen LogP contribution in [0.1, 0.15) is 19.4 Å². The molecule has 2 aromatic rings. The average molecular weight is 248 g/mol. The Hall–Kier alpha value is -1.84. The molecule has 0 aliphatic heterocycles. The zero-order valence-corrected chi connectivity index (χ0v) is 10.9. The number of aryl methyl sites for hydroxylation is 1. The second-order valence-corrected chi connectivity index (χ2v) is 4.03. The molecule has 0 bridgehead atoms. The third-order valence-electron chi connectivity index (χ3n) is 2.92. The summed E-state index contributed by atoms with van der Waals surface area (Å²) in [5, 5.41) is 3.88. The lowest BCUT2D eigenvalue weighted by atomic mass is 10.1. The predicted octanol–water partition coefficient (Wildman–Crippen LogP) is 3.38. The Morgan fingerprint density at radius 2 is 2.11 bits per heavy atom. The highest BCUT2D eigenvalue weighted by Crippen LogP contribution is 2.30. The molecule has 0 aliphatic rings. The van der Waals surface area contributed by atoms with Gasteiger partial charge in [0.05, 0.1) is 7.11 Å². The first-order valence-electron chi connectivity index (χ1n) is 6.11. The molecule has 0 aliphatic carbocycles. The number of rotatable bonds is 4. The summed E-state index contributed by atoms with van der Waals surface area (Å²) in [7, 11) is 1.58. The van der Waals surface area contributed by atoms with Crippen molar-refractivity contribution in [2.75, 3.05) is 19.0 Å².